The molecule has 3 rings (SSSR count). The van der Waals surface area contributed by atoms with Gasteiger partial charge in [0.15, 0.2) is 6.61 Å². The zero-order chi connectivity index (χ0) is 19.1. The van der Waals surface area contributed by atoms with Crippen LogP contribution >= 0.6 is 11.6 Å². The second-order valence-corrected chi connectivity index (χ2v) is 6.96. The lowest BCUT2D eigenvalue weighted by atomic mass is 10.1. The monoisotopic (exact) mass is 388 g/mol. The second kappa shape index (κ2) is 9.62. The molecular weight excluding hydrogens is 364 g/mol. The average molecular weight is 389 g/mol. The van der Waals surface area contributed by atoms with Gasteiger partial charge in [-0.1, -0.05) is 29.8 Å². The van der Waals surface area contributed by atoms with Crippen molar-refractivity contribution in [3.05, 3.63) is 59.1 Å². The Morgan fingerprint density at radius 1 is 1.11 bits per heavy atom. The highest BCUT2D eigenvalue weighted by molar-refractivity contribution is 6.31. The normalized spacial score (nSPS) is 15.3. The molecule has 2 aromatic carbocycles. The summed E-state index contributed by atoms with van der Waals surface area (Å²) in [5.74, 6) is 1.23. The number of halogens is 1. The van der Waals surface area contributed by atoms with Crippen LogP contribution in [0.15, 0.2) is 48.5 Å². The van der Waals surface area contributed by atoms with Crippen molar-refractivity contribution in [1.29, 1.82) is 0 Å². The van der Waals surface area contributed by atoms with Crippen LogP contribution in [-0.4, -0.2) is 44.2 Å². The van der Waals surface area contributed by atoms with Crippen LogP contribution in [0.5, 0.6) is 11.5 Å². The smallest absolute Gasteiger partial charge is 0.258 e. The molecule has 144 valence electrons. The molecule has 1 aliphatic rings. The maximum atomic E-state index is 12.3. The van der Waals surface area contributed by atoms with Gasteiger partial charge in [0.05, 0.1) is 13.2 Å². The number of ether oxygens (including phenoxy) is 2. The van der Waals surface area contributed by atoms with Gasteiger partial charge in [-0.2, -0.15) is 0 Å². The van der Waals surface area contributed by atoms with Crippen LogP contribution in [0.3, 0.4) is 0 Å². The summed E-state index contributed by atoms with van der Waals surface area (Å²) in [7, 11) is 1.61. The van der Waals surface area contributed by atoms with Gasteiger partial charge >= 0.3 is 0 Å². The quantitative estimate of drug-likeness (QED) is 0.749. The first-order chi connectivity index (χ1) is 13.2. The van der Waals surface area contributed by atoms with Crippen LogP contribution in [0.2, 0.25) is 5.02 Å². The minimum absolute atomic E-state index is 0.0262. The van der Waals surface area contributed by atoms with E-state index in [0.717, 1.165) is 29.4 Å². The summed E-state index contributed by atoms with van der Waals surface area (Å²) >= 11 is 6.40. The fraction of sp³-hybridized carbons (Fsp3) is 0.381. The molecule has 0 bridgehead atoms. The molecule has 0 unspecified atom stereocenters. The molecule has 2 aromatic rings. The Morgan fingerprint density at radius 3 is 2.44 bits per heavy atom. The first-order valence-corrected chi connectivity index (χ1v) is 9.57. The number of nitrogens with zero attached hydrogens (tertiary/aromatic N) is 1. The molecule has 6 heteroatoms. The standard InChI is InChI=1S/C21H25ClN2O3/c1-26-16-8-10-17(11-9-16)27-15-21(25)23-14-20(24-12-4-5-13-24)18-6-2-3-7-19(18)22/h2-3,6-11,20H,4-5,12-15H2,1H3,(H,23,25)/t20-/m0/s1. The van der Waals surface area contributed by atoms with Crippen LogP contribution in [0.1, 0.15) is 24.4 Å². The van der Waals surface area contributed by atoms with E-state index >= 15 is 0 Å². The van der Waals surface area contributed by atoms with E-state index < -0.39 is 0 Å². The molecule has 1 aliphatic heterocycles. The van der Waals surface area contributed by atoms with Gasteiger partial charge in [-0.15, -0.1) is 0 Å². The highest BCUT2D eigenvalue weighted by Crippen LogP contribution is 2.29. The van der Waals surface area contributed by atoms with E-state index in [1.807, 2.05) is 24.3 Å². The molecule has 0 saturated carbocycles. The van der Waals surface area contributed by atoms with Gasteiger partial charge in [-0.3, -0.25) is 9.69 Å². The molecule has 27 heavy (non-hydrogen) atoms. The third kappa shape index (κ3) is 5.37. The maximum absolute atomic E-state index is 12.3. The highest BCUT2D eigenvalue weighted by atomic mass is 35.5. The van der Waals surface area contributed by atoms with Crippen molar-refractivity contribution in [2.45, 2.75) is 18.9 Å². The van der Waals surface area contributed by atoms with E-state index in [0.29, 0.717) is 12.3 Å². The van der Waals surface area contributed by atoms with E-state index in [1.165, 1.54) is 12.8 Å². The van der Waals surface area contributed by atoms with Crippen LogP contribution in [0.4, 0.5) is 0 Å². The van der Waals surface area contributed by atoms with Crippen molar-refractivity contribution in [2.75, 3.05) is 33.4 Å². The number of carbonyl (C=O) groups is 1. The number of hydrogen-bond donors (Lipinski definition) is 1. The molecule has 1 saturated heterocycles. The minimum Gasteiger partial charge on any atom is -0.497 e. The molecule has 1 N–H and O–H groups in total. The van der Waals surface area contributed by atoms with Gasteiger partial charge in [0.2, 0.25) is 0 Å². The number of hydrogen-bond acceptors (Lipinski definition) is 4. The summed E-state index contributed by atoms with van der Waals surface area (Å²) in [6.07, 6.45) is 2.35. The lowest BCUT2D eigenvalue weighted by Crippen LogP contribution is -2.38. The van der Waals surface area contributed by atoms with Crippen LogP contribution in [0, 0.1) is 0 Å². The summed E-state index contributed by atoms with van der Waals surface area (Å²) in [6.45, 7) is 2.53. The number of benzene rings is 2. The molecular formula is C21H25ClN2O3. The molecule has 1 heterocycles. The summed E-state index contributed by atoms with van der Waals surface area (Å²) in [4.78, 5) is 14.6. The number of rotatable bonds is 8. The number of likely N-dealkylation sites (tertiary alicyclic amines) is 1. The summed E-state index contributed by atoms with van der Waals surface area (Å²) in [5.41, 5.74) is 1.05. The number of carbonyl (C=O) groups excluding carboxylic acids is 1. The predicted octanol–water partition coefficient (Wildman–Crippen LogP) is 3.68. The van der Waals surface area contributed by atoms with E-state index in [-0.39, 0.29) is 18.6 Å². The first-order valence-electron chi connectivity index (χ1n) is 9.19. The van der Waals surface area contributed by atoms with Gasteiger partial charge in [-0.25, -0.2) is 0 Å². The van der Waals surface area contributed by atoms with Crippen molar-refractivity contribution >= 4 is 17.5 Å². The lowest BCUT2D eigenvalue weighted by molar-refractivity contribution is -0.123. The fourth-order valence-electron chi connectivity index (χ4n) is 3.32. The maximum Gasteiger partial charge on any atom is 0.258 e. The second-order valence-electron chi connectivity index (χ2n) is 6.55. The third-order valence-electron chi connectivity index (χ3n) is 4.77. The van der Waals surface area contributed by atoms with Crippen LogP contribution < -0.4 is 14.8 Å². The third-order valence-corrected chi connectivity index (χ3v) is 5.11. The molecule has 0 aromatic heterocycles. The summed E-state index contributed by atoms with van der Waals surface area (Å²) in [6, 6.07) is 15.1. The van der Waals surface area contributed by atoms with E-state index in [9.17, 15) is 4.79 Å². The van der Waals surface area contributed by atoms with Crippen molar-refractivity contribution in [3.8, 4) is 11.5 Å². The Hall–Kier alpha value is -2.24. The Kier molecular flexibility index (Phi) is 6.96. The van der Waals surface area contributed by atoms with Crippen LogP contribution in [0.25, 0.3) is 0 Å². The topological polar surface area (TPSA) is 50.8 Å². The summed E-state index contributed by atoms with van der Waals surface area (Å²) < 4.78 is 10.7. The fourth-order valence-corrected chi connectivity index (χ4v) is 3.58. The van der Waals surface area contributed by atoms with Crippen LogP contribution in [-0.2, 0) is 4.79 Å². The lowest BCUT2D eigenvalue weighted by Gasteiger charge is -2.29. The zero-order valence-corrected chi connectivity index (χ0v) is 16.2. The Labute approximate surface area is 165 Å². The van der Waals surface area contributed by atoms with Gasteiger partial charge < -0.3 is 14.8 Å². The van der Waals surface area contributed by atoms with Gasteiger partial charge in [0, 0.05) is 11.6 Å². The first kappa shape index (κ1) is 19.5. The Balaban J connectivity index is 1.56. The molecule has 0 aliphatic carbocycles. The average Bonchev–Trinajstić information content (AvgIpc) is 3.23. The highest BCUT2D eigenvalue weighted by Gasteiger charge is 2.25. The largest absolute Gasteiger partial charge is 0.497 e. The molecule has 1 fully saturated rings. The van der Waals surface area contributed by atoms with Gasteiger partial charge in [0.1, 0.15) is 11.5 Å². The molecule has 5 nitrogen and oxygen atoms in total. The van der Waals surface area contributed by atoms with E-state index in [1.54, 1.807) is 31.4 Å². The van der Waals surface area contributed by atoms with Crippen molar-refractivity contribution in [2.24, 2.45) is 0 Å². The van der Waals surface area contributed by atoms with E-state index in [2.05, 4.69) is 10.2 Å². The van der Waals surface area contributed by atoms with Gasteiger partial charge in [0.25, 0.3) is 5.91 Å². The molecule has 1 amide bonds. The van der Waals surface area contributed by atoms with Crippen molar-refractivity contribution in [1.82, 2.24) is 10.2 Å². The van der Waals surface area contributed by atoms with Crippen molar-refractivity contribution < 1.29 is 14.3 Å². The summed E-state index contributed by atoms with van der Waals surface area (Å²) in [5, 5.41) is 3.72. The predicted molar refractivity (Wildman–Crippen MR) is 106 cm³/mol. The molecule has 0 spiro atoms. The molecule has 0 radical (unpaired) electrons. The van der Waals surface area contributed by atoms with Gasteiger partial charge in [-0.05, 0) is 61.8 Å². The number of methoxy groups -OCH3 is 1. The minimum atomic E-state index is -0.151. The van der Waals surface area contributed by atoms with Crippen molar-refractivity contribution in [3.63, 3.8) is 0 Å². The number of amides is 1. The Morgan fingerprint density at radius 2 is 1.78 bits per heavy atom. The molecule has 1 atom stereocenters. The number of nitrogens with one attached hydrogen (secondary N) is 1. The Bertz CT molecular complexity index is 745. The SMILES string of the molecule is COc1ccc(OCC(=O)NC[C@@H](c2ccccc2Cl)N2CCCC2)cc1. The van der Waals surface area contributed by atoms with E-state index in [4.69, 9.17) is 21.1 Å². The zero-order valence-electron chi connectivity index (χ0n) is 15.5.